The molecule has 1 amide bonds. The molecule has 2 aliphatic carbocycles. The molecule has 3 fully saturated rings. The highest BCUT2D eigenvalue weighted by Crippen LogP contribution is 2.48. The van der Waals surface area contributed by atoms with Crippen LogP contribution in [-0.2, 0) is 13.0 Å². The maximum absolute atomic E-state index is 14.7. The third-order valence-electron chi connectivity index (χ3n) is 7.64. The average molecular weight is 387 g/mol. The van der Waals surface area contributed by atoms with Crippen molar-refractivity contribution >= 4 is 5.91 Å². The van der Waals surface area contributed by atoms with Gasteiger partial charge >= 0.3 is 0 Å². The molecular weight excluding hydrogens is 357 g/mol. The second-order valence-corrected chi connectivity index (χ2v) is 9.21. The number of carbonyl (C=O) groups excluding carboxylic acids is 1. The predicted molar refractivity (Wildman–Crippen MR) is 104 cm³/mol. The normalized spacial score (nSPS) is 32.5. The minimum atomic E-state index is -0.654. The van der Waals surface area contributed by atoms with Crippen LogP contribution in [0.2, 0.25) is 0 Å². The summed E-state index contributed by atoms with van der Waals surface area (Å²) < 4.78 is 14.7. The molecule has 2 saturated carbocycles. The molecule has 5 nitrogen and oxygen atoms in total. The summed E-state index contributed by atoms with van der Waals surface area (Å²) in [6.45, 7) is 3.92. The van der Waals surface area contributed by atoms with Crippen molar-refractivity contribution in [1.82, 2.24) is 15.3 Å². The Morgan fingerprint density at radius 3 is 2.75 bits per heavy atom. The summed E-state index contributed by atoms with van der Waals surface area (Å²) in [6.07, 6.45) is 8.48. The Labute approximate surface area is 165 Å². The number of piperidine rings is 1. The monoisotopic (exact) mass is 387 g/mol. The van der Waals surface area contributed by atoms with Crippen molar-refractivity contribution in [3.63, 3.8) is 0 Å². The van der Waals surface area contributed by atoms with Gasteiger partial charge in [-0.15, -0.1) is 0 Å². The van der Waals surface area contributed by atoms with Gasteiger partial charge in [-0.1, -0.05) is 6.92 Å². The number of rotatable bonds is 5. The van der Waals surface area contributed by atoms with Gasteiger partial charge in [0.1, 0.15) is 5.82 Å². The maximum Gasteiger partial charge on any atom is 0.274 e. The fraction of sp³-hybridized carbons (Fsp3) is 0.682. The number of likely N-dealkylation sites (tertiary alicyclic amines) is 1. The van der Waals surface area contributed by atoms with E-state index in [9.17, 15) is 9.18 Å². The van der Waals surface area contributed by atoms with Gasteiger partial charge in [-0.3, -0.25) is 19.8 Å². The molecule has 2 heterocycles. The molecule has 5 rings (SSSR count). The van der Waals surface area contributed by atoms with E-state index >= 15 is 0 Å². The zero-order chi connectivity index (χ0) is 19.4. The van der Waals surface area contributed by atoms with Crippen molar-refractivity contribution < 1.29 is 14.4 Å². The Morgan fingerprint density at radius 2 is 2.04 bits per heavy atom. The Bertz CT molecular complexity index is 781. The fourth-order valence-corrected chi connectivity index (χ4v) is 6.14. The number of hydroxylamine groups is 1. The van der Waals surface area contributed by atoms with Gasteiger partial charge < -0.3 is 0 Å². The van der Waals surface area contributed by atoms with Gasteiger partial charge in [-0.25, -0.2) is 9.87 Å². The maximum atomic E-state index is 14.7. The quantitative estimate of drug-likeness (QED) is 0.602. The number of nitrogens with one attached hydrogen (secondary N) is 1. The van der Waals surface area contributed by atoms with Crippen molar-refractivity contribution in [1.29, 1.82) is 0 Å². The van der Waals surface area contributed by atoms with E-state index in [1.54, 1.807) is 11.5 Å². The summed E-state index contributed by atoms with van der Waals surface area (Å²) in [5, 5.41) is 8.91. The molecule has 4 aliphatic rings. The summed E-state index contributed by atoms with van der Waals surface area (Å²) >= 11 is 0. The lowest BCUT2D eigenvalue weighted by atomic mass is 9.89. The van der Waals surface area contributed by atoms with E-state index in [1.807, 2.05) is 0 Å². The van der Waals surface area contributed by atoms with Crippen molar-refractivity contribution in [2.24, 2.45) is 5.92 Å². The molecule has 2 N–H and O–H groups in total. The van der Waals surface area contributed by atoms with E-state index in [0.717, 1.165) is 42.1 Å². The summed E-state index contributed by atoms with van der Waals surface area (Å²) in [7, 11) is 0. The number of hydrogen-bond acceptors (Lipinski definition) is 4. The number of nitrogens with zero attached hydrogens (tertiary/aromatic N) is 2. The lowest BCUT2D eigenvalue weighted by Gasteiger charge is -2.43. The highest BCUT2D eigenvalue weighted by Gasteiger charge is 2.51. The van der Waals surface area contributed by atoms with Gasteiger partial charge in [0, 0.05) is 42.8 Å². The molecule has 0 spiro atoms. The van der Waals surface area contributed by atoms with Gasteiger partial charge in [-0.2, -0.15) is 0 Å². The highest BCUT2D eigenvalue weighted by atomic mass is 19.1. The van der Waals surface area contributed by atoms with Crippen molar-refractivity contribution in [3.8, 4) is 0 Å². The van der Waals surface area contributed by atoms with Crippen LogP contribution in [-0.4, -0.2) is 51.6 Å². The summed E-state index contributed by atoms with van der Waals surface area (Å²) in [6, 6.07) is 5.57. The topological polar surface area (TPSA) is 55.8 Å². The van der Waals surface area contributed by atoms with Crippen LogP contribution in [0.4, 0.5) is 4.39 Å². The van der Waals surface area contributed by atoms with Crippen LogP contribution in [0.1, 0.15) is 66.9 Å². The fourth-order valence-electron chi connectivity index (χ4n) is 6.14. The predicted octanol–water partition coefficient (Wildman–Crippen LogP) is 3.10. The molecule has 2 bridgehead atoms. The minimum Gasteiger partial charge on any atom is -0.294 e. The molecule has 0 radical (unpaired) electrons. The first-order valence-electron chi connectivity index (χ1n) is 10.9. The van der Waals surface area contributed by atoms with Crippen LogP contribution in [0.3, 0.4) is 0 Å². The minimum absolute atomic E-state index is 0.188. The standard InChI is InChI=1S/C22H30FN3O2/c1-2-16-10-19-15(7-14(9-20(19)23)22(27)24-28)11-25(16)12-21-13-3-4-18(8-13)26(21)17-5-6-17/h7,9,13,16-18,21,28H,2-6,8,10-12H2,1H3,(H,24,27)/t13?,16-,18?,21+/m1/s1. The first-order chi connectivity index (χ1) is 13.6. The summed E-state index contributed by atoms with van der Waals surface area (Å²) in [5.41, 5.74) is 3.44. The number of hydrogen-bond donors (Lipinski definition) is 2. The molecule has 4 atom stereocenters. The van der Waals surface area contributed by atoms with E-state index in [1.165, 1.54) is 38.2 Å². The van der Waals surface area contributed by atoms with E-state index in [0.29, 0.717) is 25.0 Å². The SMILES string of the molecule is CC[C@@H]1Cc2c(F)cc(C(=O)NO)cc2CN1C[C@H]1C2CCC(C2)N1C1CC1. The van der Waals surface area contributed by atoms with Crippen LogP contribution in [0.15, 0.2) is 12.1 Å². The van der Waals surface area contributed by atoms with Crippen molar-refractivity contribution in [3.05, 3.63) is 34.6 Å². The number of fused-ring (bicyclic) bond motifs is 3. The van der Waals surface area contributed by atoms with E-state index in [-0.39, 0.29) is 11.4 Å². The second-order valence-electron chi connectivity index (χ2n) is 9.21. The average Bonchev–Trinajstić information content (AvgIpc) is 3.34. The first kappa shape index (κ1) is 18.5. The largest absolute Gasteiger partial charge is 0.294 e. The van der Waals surface area contributed by atoms with Crippen molar-refractivity contribution in [2.45, 2.75) is 82.6 Å². The zero-order valence-corrected chi connectivity index (χ0v) is 16.5. The Kier molecular flexibility index (Phi) is 4.68. The van der Waals surface area contributed by atoms with E-state index < -0.39 is 5.91 Å². The molecule has 6 heteroatoms. The lowest BCUT2D eigenvalue weighted by molar-refractivity contribution is 0.0626. The van der Waals surface area contributed by atoms with Crippen LogP contribution in [0.5, 0.6) is 0 Å². The number of amides is 1. The summed E-state index contributed by atoms with van der Waals surface area (Å²) in [4.78, 5) is 17.2. The van der Waals surface area contributed by atoms with Gasteiger partial charge in [0.25, 0.3) is 5.91 Å². The van der Waals surface area contributed by atoms with Crippen LogP contribution in [0.25, 0.3) is 0 Å². The van der Waals surface area contributed by atoms with E-state index in [2.05, 4.69) is 16.7 Å². The van der Waals surface area contributed by atoms with Crippen LogP contribution < -0.4 is 5.48 Å². The van der Waals surface area contributed by atoms with Crippen LogP contribution in [0, 0.1) is 11.7 Å². The molecule has 1 saturated heterocycles. The number of benzene rings is 1. The van der Waals surface area contributed by atoms with Gasteiger partial charge in [0.2, 0.25) is 0 Å². The Morgan fingerprint density at radius 1 is 1.25 bits per heavy atom. The van der Waals surface area contributed by atoms with Crippen LogP contribution >= 0.6 is 0 Å². The third kappa shape index (κ3) is 3.06. The third-order valence-corrected chi connectivity index (χ3v) is 7.64. The summed E-state index contributed by atoms with van der Waals surface area (Å²) in [5.74, 6) is -0.166. The zero-order valence-electron chi connectivity index (χ0n) is 16.5. The molecule has 2 aliphatic heterocycles. The van der Waals surface area contributed by atoms with Gasteiger partial charge in [-0.05, 0) is 74.1 Å². The Hall–Kier alpha value is -1.50. The molecule has 152 valence electrons. The first-order valence-corrected chi connectivity index (χ1v) is 10.9. The molecule has 28 heavy (non-hydrogen) atoms. The Balaban J connectivity index is 1.40. The molecular formula is C22H30FN3O2. The lowest BCUT2D eigenvalue weighted by Crippen LogP contribution is -2.52. The smallest absolute Gasteiger partial charge is 0.274 e. The molecule has 1 aromatic rings. The molecule has 0 aromatic heterocycles. The van der Waals surface area contributed by atoms with Gasteiger partial charge in [0.05, 0.1) is 0 Å². The second kappa shape index (κ2) is 7.08. The highest BCUT2D eigenvalue weighted by molar-refractivity contribution is 5.93. The van der Waals surface area contributed by atoms with Gasteiger partial charge in [0.15, 0.2) is 0 Å². The number of carbonyl (C=O) groups is 1. The van der Waals surface area contributed by atoms with E-state index in [4.69, 9.17) is 5.21 Å². The molecule has 1 aromatic carbocycles. The molecule has 2 unspecified atom stereocenters. The number of halogens is 1. The van der Waals surface area contributed by atoms with Crippen molar-refractivity contribution in [2.75, 3.05) is 6.54 Å².